The molecule has 2 aromatic rings. The molecule has 0 aliphatic heterocycles. The van der Waals surface area contributed by atoms with Crippen molar-refractivity contribution in [3.63, 3.8) is 0 Å². The summed E-state index contributed by atoms with van der Waals surface area (Å²) in [5, 5.41) is 2.76. The maximum absolute atomic E-state index is 11.8. The molecule has 0 unspecified atom stereocenters. The normalized spacial score (nSPS) is 10.0. The van der Waals surface area contributed by atoms with E-state index in [9.17, 15) is 4.79 Å². The minimum absolute atomic E-state index is 0.269. The number of rotatable bonds is 5. The number of para-hydroxylation sites is 1. The predicted molar refractivity (Wildman–Crippen MR) is 69.4 cm³/mol. The fourth-order valence-corrected chi connectivity index (χ4v) is 1.76. The van der Waals surface area contributed by atoms with Gasteiger partial charge in [0, 0.05) is 12.1 Å². The van der Waals surface area contributed by atoms with Crippen molar-refractivity contribution in [1.82, 2.24) is 5.32 Å². The predicted octanol–water partition coefficient (Wildman–Crippen LogP) is 2.23. The third kappa shape index (κ3) is 2.88. The molecule has 0 saturated heterocycles. The molecule has 0 spiro atoms. The highest BCUT2D eigenvalue weighted by molar-refractivity contribution is 5.91. The zero-order chi connectivity index (χ0) is 13.7. The van der Waals surface area contributed by atoms with E-state index in [4.69, 9.17) is 13.9 Å². The van der Waals surface area contributed by atoms with Crippen molar-refractivity contribution in [2.24, 2.45) is 0 Å². The highest BCUT2D eigenvalue weighted by Crippen LogP contribution is 2.30. The van der Waals surface area contributed by atoms with E-state index in [0.29, 0.717) is 18.0 Å². The molecular formula is C14H15NO4. The van der Waals surface area contributed by atoms with Gasteiger partial charge in [0.15, 0.2) is 17.3 Å². The van der Waals surface area contributed by atoms with Crippen LogP contribution in [0.25, 0.3) is 0 Å². The van der Waals surface area contributed by atoms with Crippen LogP contribution in [0.2, 0.25) is 0 Å². The Bertz CT molecular complexity index is 549. The van der Waals surface area contributed by atoms with E-state index >= 15 is 0 Å². The van der Waals surface area contributed by atoms with Crippen LogP contribution in [0, 0.1) is 0 Å². The number of nitrogens with one attached hydrogen (secondary N) is 1. The lowest BCUT2D eigenvalue weighted by atomic mass is 10.2. The monoisotopic (exact) mass is 261 g/mol. The van der Waals surface area contributed by atoms with Gasteiger partial charge < -0.3 is 19.2 Å². The summed E-state index contributed by atoms with van der Waals surface area (Å²) in [6, 6.07) is 8.79. The molecule has 2 rings (SSSR count). The minimum atomic E-state index is -0.269. The SMILES string of the molecule is COc1cccc(CNC(=O)c2ccco2)c1OC. The van der Waals surface area contributed by atoms with Gasteiger partial charge in [-0.3, -0.25) is 4.79 Å². The summed E-state index contributed by atoms with van der Waals surface area (Å²) >= 11 is 0. The molecule has 0 fully saturated rings. The molecule has 0 aliphatic carbocycles. The van der Waals surface area contributed by atoms with Crippen LogP contribution in [0.15, 0.2) is 41.0 Å². The highest BCUT2D eigenvalue weighted by atomic mass is 16.5. The molecule has 1 heterocycles. The van der Waals surface area contributed by atoms with Crippen LogP contribution in [0.5, 0.6) is 11.5 Å². The first-order valence-electron chi connectivity index (χ1n) is 5.78. The summed E-state index contributed by atoms with van der Waals surface area (Å²) in [4.78, 5) is 11.8. The topological polar surface area (TPSA) is 60.7 Å². The maximum atomic E-state index is 11.8. The van der Waals surface area contributed by atoms with Crippen molar-refractivity contribution in [3.8, 4) is 11.5 Å². The van der Waals surface area contributed by atoms with Crippen LogP contribution in [-0.2, 0) is 6.54 Å². The first kappa shape index (κ1) is 13.0. The molecule has 19 heavy (non-hydrogen) atoms. The van der Waals surface area contributed by atoms with Gasteiger partial charge in [0.2, 0.25) is 0 Å². The molecule has 0 bridgehead atoms. The molecule has 100 valence electrons. The van der Waals surface area contributed by atoms with E-state index in [1.807, 2.05) is 12.1 Å². The molecule has 0 radical (unpaired) electrons. The lowest BCUT2D eigenvalue weighted by molar-refractivity contribution is 0.0923. The van der Waals surface area contributed by atoms with Crippen molar-refractivity contribution in [2.75, 3.05) is 14.2 Å². The van der Waals surface area contributed by atoms with Crippen molar-refractivity contribution in [1.29, 1.82) is 0 Å². The zero-order valence-corrected chi connectivity index (χ0v) is 10.8. The van der Waals surface area contributed by atoms with Gasteiger partial charge in [0.05, 0.1) is 20.5 Å². The summed E-state index contributed by atoms with van der Waals surface area (Å²) in [5.41, 5.74) is 0.835. The smallest absolute Gasteiger partial charge is 0.287 e. The quantitative estimate of drug-likeness (QED) is 0.896. The van der Waals surface area contributed by atoms with Gasteiger partial charge in [-0.15, -0.1) is 0 Å². The molecule has 1 N–H and O–H groups in total. The van der Waals surface area contributed by atoms with Gasteiger partial charge in [-0.25, -0.2) is 0 Å². The van der Waals surface area contributed by atoms with Crippen molar-refractivity contribution < 1.29 is 18.7 Å². The van der Waals surface area contributed by atoms with Crippen LogP contribution in [0.3, 0.4) is 0 Å². The second kappa shape index (κ2) is 5.95. The minimum Gasteiger partial charge on any atom is -0.493 e. The lowest BCUT2D eigenvalue weighted by Gasteiger charge is -2.12. The van der Waals surface area contributed by atoms with Crippen LogP contribution < -0.4 is 14.8 Å². The lowest BCUT2D eigenvalue weighted by Crippen LogP contribution is -2.22. The molecule has 1 aromatic carbocycles. The first-order valence-corrected chi connectivity index (χ1v) is 5.78. The third-order valence-corrected chi connectivity index (χ3v) is 2.67. The first-order chi connectivity index (χ1) is 9.26. The van der Waals surface area contributed by atoms with Gasteiger partial charge >= 0.3 is 0 Å². The van der Waals surface area contributed by atoms with Gasteiger partial charge in [-0.2, -0.15) is 0 Å². The number of hydrogen-bond donors (Lipinski definition) is 1. The third-order valence-electron chi connectivity index (χ3n) is 2.67. The summed E-state index contributed by atoms with van der Waals surface area (Å²) in [7, 11) is 3.14. The van der Waals surface area contributed by atoms with Crippen LogP contribution in [0.4, 0.5) is 0 Å². The van der Waals surface area contributed by atoms with E-state index < -0.39 is 0 Å². The Kier molecular flexibility index (Phi) is 4.07. The average Bonchev–Trinajstić information content (AvgIpc) is 2.98. The highest BCUT2D eigenvalue weighted by Gasteiger charge is 2.12. The number of furan rings is 1. The van der Waals surface area contributed by atoms with E-state index in [-0.39, 0.29) is 11.7 Å². The largest absolute Gasteiger partial charge is 0.493 e. The van der Waals surface area contributed by atoms with E-state index in [1.54, 1.807) is 32.4 Å². The summed E-state index contributed by atoms with van der Waals surface area (Å²) in [6.45, 7) is 0.333. The molecular weight excluding hydrogens is 246 g/mol. The average molecular weight is 261 g/mol. The Labute approximate surface area is 111 Å². The van der Waals surface area contributed by atoms with Gasteiger partial charge in [0.25, 0.3) is 5.91 Å². The van der Waals surface area contributed by atoms with E-state index in [1.165, 1.54) is 6.26 Å². The summed E-state index contributed by atoms with van der Waals surface area (Å²) in [5.74, 6) is 1.26. The Morgan fingerprint density at radius 3 is 2.68 bits per heavy atom. The van der Waals surface area contributed by atoms with Gasteiger partial charge in [-0.05, 0) is 18.2 Å². The Hall–Kier alpha value is -2.43. The number of carbonyl (C=O) groups excluding carboxylic acids is 1. The van der Waals surface area contributed by atoms with E-state index in [0.717, 1.165) is 5.56 Å². The fraction of sp³-hybridized carbons (Fsp3) is 0.214. The fourth-order valence-electron chi connectivity index (χ4n) is 1.76. The second-order valence-corrected chi connectivity index (χ2v) is 3.81. The molecule has 0 aliphatic rings. The molecule has 0 atom stereocenters. The van der Waals surface area contributed by atoms with Gasteiger partial charge in [-0.1, -0.05) is 12.1 Å². The Morgan fingerprint density at radius 2 is 2.05 bits per heavy atom. The molecule has 1 amide bonds. The Balaban J connectivity index is 2.09. The molecule has 1 aromatic heterocycles. The summed E-state index contributed by atoms with van der Waals surface area (Å²) in [6.07, 6.45) is 1.46. The van der Waals surface area contributed by atoms with Gasteiger partial charge in [0.1, 0.15) is 0 Å². The van der Waals surface area contributed by atoms with Crippen LogP contribution >= 0.6 is 0 Å². The number of ether oxygens (including phenoxy) is 2. The number of benzene rings is 1. The van der Waals surface area contributed by atoms with Crippen molar-refractivity contribution in [3.05, 3.63) is 47.9 Å². The standard InChI is InChI=1S/C14H15NO4/c1-17-11-6-3-5-10(13(11)18-2)9-15-14(16)12-7-4-8-19-12/h3-8H,9H2,1-2H3,(H,15,16). The van der Waals surface area contributed by atoms with Crippen LogP contribution in [0.1, 0.15) is 16.1 Å². The Morgan fingerprint density at radius 1 is 1.21 bits per heavy atom. The number of carbonyl (C=O) groups is 1. The maximum Gasteiger partial charge on any atom is 0.287 e. The van der Waals surface area contributed by atoms with Crippen molar-refractivity contribution >= 4 is 5.91 Å². The second-order valence-electron chi connectivity index (χ2n) is 3.81. The number of hydrogen-bond acceptors (Lipinski definition) is 4. The zero-order valence-electron chi connectivity index (χ0n) is 10.8. The molecule has 0 saturated carbocycles. The van der Waals surface area contributed by atoms with Crippen LogP contribution in [-0.4, -0.2) is 20.1 Å². The molecule has 5 heteroatoms. The summed E-state index contributed by atoms with van der Waals surface area (Å²) < 4.78 is 15.5. The van der Waals surface area contributed by atoms with E-state index in [2.05, 4.69) is 5.32 Å². The number of methoxy groups -OCH3 is 2. The van der Waals surface area contributed by atoms with Crippen molar-refractivity contribution in [2.45, 2.75) is 6.54 Å². The number of amides is 1. The molecule has 5 nitrogen and oxygen atoms in total.